The zero-order valence-corrected chi connectivity index (χ0v) is 18.1. The van der Waals surface area contributed by atoms with Crippen molar-refractivity contribution in [1.82, 2.24) is 0 Å². The SMILES string of the molecule is N#C/C(=C/c1ccc(OCc2ccc3ccccc3c2)c(I)c1)c1ccccc1F. The third kappa shape index (κ3) is 4.52. The lowest BCUT2D eigenvalue weighted by Crippen LogP contribution is -1.97. The molecule has 0 bridgehead atoms. The largest absolute Gasteiger partial charge is 0.488 e. The molecule has 0 aliphatic heterocycles. The molecule has 2 nitrogen and oxygen atoms in total. The molecule has 0 heterocycles. The number of allylic oxidation sites excluding steroid dienone is 1. The van der Waals surface area contributed by atoms with Gasteiger partial charge in [0.25, 0.3) is 0 Å². The van der Waals surface area contributed by atoms with Crippen LogP contribution in [-0.2, 0) is 6.61 Å². The van der Waals surface area contributed by atoms with E-state index in [0.29, 0.717) is 12.2 Å². The van der Waals surface area contributed by atoms with E-state index in [1.807, 2.05) is 30.3 Å². The summed E-state index contributed by atoms with van der Waals surface area (Å²) in [6, 6.07) is 28.6. The van der Waals surface area contributed by atoms with Crippen LogP contribution in [-0.4, -0.2) is 0 Å². The molecule has 30 heavy (non-hydrogen) atoms. The quantitative estimate of drug-likeness (QED) is 0.163. The Morgan fingerprint density at radius 1 is 0.933 bits per heavy atom. The topological polar surface area (TPSA) is 33.0 Å². The van der Waals surface area contributed by atoms with Crippen LogP contribution >= 0.6 is 22.6 Å². The molecule has 4 aromatic rings. The summed E-state index contributed by atoms with van der Waals surface area (Å²) in [6.45, 7) is 0.467. The van der Waals surface area contributed by atoms with Crippen LogP contribution in [0.5, 0.6) is 5.75 Å². The van der Waals surface area contributed by atoms with Gasteiger partial charge in [0.2, 0.25) is 0 Å². The van der Waals surface area contributed by atoms with E-state index in [-0.39, 0.29) is 5.57 Å². The Balaban J connectivity index is 1.52. The summed E-state index contributed by atoms with van der Waals surface area (Å²) in [6.07, 6.45) is 1.69. The van der Waals surface area contributed by atoms with Gasteiger partial charge in [0.05, 0.1) is 15.2 Å². The standard InChI is InChI=1S/C26H17FINO/c27-24-8-4-3-7-23(24)22(16-29)13-18-10-12-26(25(28)15-18)30-17-19-9-11-20-5-1-2-6-21(20)14-19/h1-15H,17H2/b22-13-. The van der Waals surface area contributed by atoms with Gasteiger partial charge in [0.1, 0.15) is 18.2 Å². The van der Waals surface area contributed by atoms with E-state index in [1.54, 1.807) is 24.3 Å². The molecule has 0 fully saturated rings. The van der Waals surface area contributed by atoms with Gasteiger partial charge in [0, 0.05) is 5.56 Å². The minimum atomic E-state index is -0.407. The number of fused-ring (bicyclic) bond motifs is 1. The van der Waals surface area contributed by atoms with Crippen molar-refractivity contribution in [2.45, 2.75) is 6.61 Å². The molecular weight excluding hydrogens is 488 g/mol. The molecule has 4 aromatic carbocycles. The summed E-state index contributed by atoms with van der Waals surface area (Å²) >= 11 is 2.21. The Morgan fingerprint density at radius 3 is 2.47 bits per heavy atom. The first-order valence-corrected chi connectivity index (χ1v) is 10.5. The van der Waals surface area contributed by atoms with E-state index < -0.39 is 5.82 Å². The zero-order chi connectivity index (χ0) is 20.9. The average molecular weight is 505 g/mol. The van der Waals surface area contributed by atoms with Gasteiger partial charge in [-0.2, -0.15) is 5.26 Å². The number of nitriles is 1. The van der Waals surface area contributed by atoms with Crippen molar-refractivity contribution in [3.05, 3.63) is 111 Å². The highest BCUT2D eigenvalue weighted by molar-refractivity contribution is 14.1. The summed E-state index contributed by atoms with van der Waals surface area (Å²) in [5, 5.41) is 11.9. The van der Waals surface area contributed by atoms with Crippen molar-refractivity contribution >= 4 is 45.0 Å². The third-order valence-corrected chi connectivity index (χ3v) is 5.60. The van der Waals surface area contributed by atoms with Crippen LogP contribution in [0, 0.1) is 20.7 Å². The number of hydrogen-bond acceptors (Lipinski definition) is 2. The van der Waals surface area contributed by atoms with E-state index in [9.17, 15) is 9.65 Å². The molecule has 0 N–H and O–H groups in total. The predicted molar refractivity (Wildman–Crippen MR) is 127 cm³/mol. The Kier molecular flexibility index (Phi) is 6.10. The molecule has 0 amide bonds. The number of hydrogen-bond donors (Lipinski definition) is 0. The van der Waals surface area contributed by atoms with E-state index in [2.05, 4.69) is 59.0 Å². The lowest BCUT2D eigenvalue weighted by atomic mass is 10.0. The van der Waals surface area contributed by atoms with Crippen molar-refractivity contribution in [2.75, 3.05) is 0 Å². The molecule has 0 saturated heterocycles. The lowest BCUT2D eigenvalue weighted by molar-refractivity contribution is 0.304. The summed E-state index contributed by atoms with van der Waals surface area (Å²) in [5.41, 5.74) is 2.50. The lowest BCUT2D eigenvalue weighted by Gasteiger charge is -2.10. The number of nitrogens with zero attached hydrogens (tertiary/aromatic N) is 1. The first kappa shape index (κ1) is 20.1. The molecule has 0 spiro atoms. The molecule has 0 unspecified atom stereocenters. The van der Waals surface area contributed by atoms with Gasteiger partial charge in [-0.3, -0.25) is 0 Å². The maximum absolute atomic E-state index is 14.0. The van der Waals surface area contributed by atoms with Crippen LogP contribution in [0.3, 0.4) is 0 Å². The summed E-state index contributed by atoms with van der Waals surface area (Å²) in [4.78, 5) is 0. The Hall–Kier alpha value is -3.17. The maximum Gasteiger partial charge on any atom is 0.133 e. The van der Waals surface area contributed by atoms with Gasteiger partial charge in [-0.15, -0.1) is 0 Å². The minimum absolute atomic E-state index is 0.286. The third-order valence-electron chi connectivity index (χ3n) is 4.76. The van der Waals surface area contributed by atoms with Crippen molar-refractivity contribution < 1.29 is 9.13 Å². The fourth-order valence-electron chi connectivity index (χ4n) is 3.23. The van der Waals surface area contributed by atoms with E-state index in [0.717, 1.165) is 20.4 Å². The fourth-order valence-corrected chi connectivity index (χ4v) is 3.93. The van der Waals surface area contributed by atoms with Crippen LogP contribution in [0.1, 0.15) is 16.7 Å². The summed E-state index contributed by atoms with van der Waals surface area (Å²) in [5.74, 6) is 0.362. The Bertz CT molecular complexity index is 1290. The summed E-state index contributed by atoms with van der Waals surface area (Å²) < 4.78 is 21.0. The predicted octanol–water partition coefficient (Wildman–Crippen LogP) is 7.23. The van der Waals surface area contributed by atoms with Gasteiger partial charge in [-0.25, -0.2) is 4.39 Å². The van der Waals surface area contributed by atoms with Crippen molar-refractivity contribution in [1.29, 1.82) is 5.26 Å². The van der Waals surface area contributed by atoms with Gasteiger partial charge >= 0.3 is 0 Å². The van der Waals surface area contributed by atoms with Gasteiger partial charge in [-0.05, 0) is 74.8 Å². The Labute approximate surface area is 188 Å². The van der Waals surface area contributed by atoms with E-state index in [1.165, 1.54) is 16.8 Å². The van der Waals surface area contributed by atoms with Crippen LogP contribution in [0.15, 0.2) is 84.9 Å². The number of benzene rings is 4. The molecule has 0 aliphatic rings. The Morgan fingerprint density at radius 2 is 1.70 bits per heavy atom. The van der Waals surface area contributed by atoms with Crippen LogP contribution < -0.4 is 4.74 Å². The van der Waals surface area contributed by atoms with Crippen LogP contribution in [0.4, 0.5) is 4.39 Å². The first-order chi connectivity index (χ1) is 14.6. The summed E-state index contributed by atoms with van der Waals surface area (Å²) in [7, 11) is 0. The average Bonchev–Trinajstić information content (AvgIpc) is 2.77. The molecule has 0 atom stereocenters. The highest BCUT2D eigenvalue weighted by atomic mass is 127. The molecular formula is C26H17FINO. The number of rotatable bonds is 5. The van der Waals surface area contributed by atoms with Gasteiger partial charge in [-0.1, -0.05) is 60.7 Å². The smallest absolute Gasteiger partial charge is 0.133 e. The second kappa shape index (κ2) is 9.10. The minimum Gasteiger partial charge on any atom is -0.488 e. The fraction of sp³-hybridized carbons (Fsp3) is 0.0385. The van der Waals surface area contributed by atoms with Crippen LogP contribution in [0.2, 0.25) is 0 Å². The highest BCUT2D eigenvalue weighted by Crippen LogP contribution is 2.27. The van der Waals surface area contributed by atoms with Crippen LogP contribution in [0.25, 0.3) is 22.4 Å². The molecule has 4 heteroatoms. The van der Waals surface area contributed by atoms with Crippen molar-refractivity contribution in [3.63, 3.8) is 0 Å². The highest BCUT2D eigenvalue weighted by Gasteiger charge is 2.08. The van der Waals surface area contributed by atoms with Crippen molar-refractivity contribution in [3.8, 4) is 11.8 Å². The zero-order valence-electron chi connectivity index (χ0n) is 16.0. The van der Waals surface area contributed by atoms with Crippen molar-refractivity contribution in [2.24, 2.45) is 0 Å². The van der Waals surface area contributed by atoms with Gasteiger partial charge in [0.15, 0.2) is 0 Å². The molecule has 0 radical (unpaired) electrons. The maximum atomic E-state index is 14.0. The monoisotopic (exact) mass is 505 g/mol. The second-order valence-electron chi connectivity index (χ2n) is 6.81. The van der Waals surface area contributed by atoms with E-state index in [4.69, 9.17) is 4.74 Å². The number of halogens is 2. The second-order valence-corrected chi connectivity index (χ2v) is 7.97. The molecule has 146 valence electrons. The molecule has 4 rings (SSSR count). The number of ether oxygens (including phenoxy) is 1. The molecule has 0 saturated carbocycles. The van der Waals surface area contributed by atoms with E-state index >= 15 is 0 Å². The normalized spacial score (nSPS) is 11.3. The molecule has 0 aromatic heterocycles. The first-order valence-electron chi connectivity index (χ1n) is 9.41. The van der Waals surface area contributed by atoms with Gasteiger partial charge < -0.3 is 4.74 Å². The molecule has 0 aliphatic carbocycles.